The minimum Gasteiger partial charge on any atom is -0.459 e. The lowest BCUT2D eigenvalue weighted by Crippen LogP contribution is -2.42. The van der Waals surface area contributed by atoms with Crippen molar-refractivity contribution in [1.29, 1.82) is 0 Å². The number of carbonyl (C=O) groups excluding carboxylic acids is 3. The number of piperidine rings is 1. The standard InChI is InChI=1S/C23H29N3O4/c1-16(2)25(3)22(28)19-8-6-17(7-9-19)15-24-21(27)18-10-12-26(13-11-18)23(29)20-5-4-14-30-20/h4-9,14,16,18H,10-13,15H2,1-3H3,(H,24,27). The monoisotopic (exact) mass is 411 g/mol. The summed E-state index contributed by atoms with van der Waals surface area (Å²) in [7, 11) is 1.79. The van der Waals surface area contributed by atoms with E-state index in [4.69, 9.17) is 4.42 Å². The molecule has 1 aromatic heterocycles. The van der Waals surface area contributed by atoms with E-state index in [-0.39, 0.29) is 29.7 Å². The van der Waals surface area contributed by atoms with E-state index in [0.29, 0.717) is 43.8 Å². The number of rotatable bonds is 6. The van der Waals surface area contributed by atoms with Gasteiger partial charge in [-0.25, -0.2) is 0 Å². The van der Waals surface area contributed by atoms with Gasteiger partial charge in [-0.1, -0.05) is 12.1 Å². The molecule has 0 radical (unpaired) electrons. The number of furan rings is 1. The van der Waals surface area contributed by atoms with Crippen LogP contribution in [-0.4, -0.2) is 53.7 Å². The lowest BCUT2D eigenvalue weighted by atomic mass is 9.95. The Balaban J connectivity index is 1.46. The zero-order chi connectivity index (χ0) is 21.7. The van der Waals surface area contributed by atoms with Gasteiger partial charge in [0.25, 0.3) is 11.8 Å². The van der Waals surface area contributed by atoms with Gasteiger partial charge < -0.3 is 19.5 Å². The number of nitrogens with one attached hydrogen (secondary N) is 1. The van der Waals surface area contributed by atoms with Gasteiger partial charge in [0, 0.05) is 44.2 Å². The highest BCUT2D eigenvalue weighted by molar-refractivity contribution is 5.94. The quantitative estimate of drug-likeness (QED) is 0.792. The summed E-state index contributed by atoms with van der Waals surface area (Å²) in [6, 6.07) is 10.8. The third-order valence-electron chi connectivity index (χ3n) is 5.65. The molecule has 30 heavy (non-hydrogen) atoms. The fourth-order valence-electron chi connectivity index (χ4n) is 3.44. The first-order valence-electron chi connectivity index (χ1n) is 10.3. The fraction of sp³-hybridized carbons (Fsp3) is 0.435. The maximum Gasteiger partial charge on any atom is 0.289 e. The van der Waals surface area contributed by atoms with Crippen molar-refractivity contribution in [3.8, 4) is 0 Å². The molecule has 1 saturated heterocycles. The summed E-state index contributed by atoms with van der Waals surface area (Å²) in [5.41, 5.74) is 1.58. The van der Waals surface area contributed by atoms with Crippen LogP contribution in [0.15, 0.2) is 47.1 Å². The summed E-state index contributed by atoms with van der Waals surface area (Å²) in [5.74, 6) is 0.0819. The molecule has 1 N–H and O–H groups in total. The predicted octanol–water partition coefficient (Wildman–Crippen LogP) is 2.93. The molecule has 1 aromatic carbocycles. The molecule has 1 aliphatic heterocycles. The van der Waals surface area contributed by atoms with E-state index in [2.05, 4.69) is 5.32 Å². The lowest BCUT2D eigenvalue weighted by molar-refractivity contribution is -0.126. The average molecular weight is 412 g/mol. The maximum absolute atomic E-state index is 12.5. The number of amides is 3. The van der Waals surface area contributed by atoms with Gasteiger partial charge in [0.2, 0.25) is 5.91 Å². The maximum atomic E-state index is 12.5. The van der Waals surface area contributed by atoms with Gasteiger partial charge in [-0.15, -0.1) is 0 Å². The highest BCUT2D eigenvalue weighted by Crippen LogP contribution is 2.20. The first-order chi connectivity index (χ1) is 14.4. The molecule has 2 heterocycles. The second-order valence-electron chi connectivity index (χ2n) is 7.97. The van der Waals surface area contributed by atoms with Crippen LogP contribution in [0.25, 0.3) is 0 Å². The average Bonchev–Trinajstić information content (AvgIpc) is 3.31. The van der Waals surface area contributed by atoms with Crippen LogP contribution in [0.3, 0.4) is 0 Å². The summed E-state index contributed by atoms with van der Waals surface area (Å²) < 4.78 is 5.16. The lowest BCUT2D eigenvalue weighted by Gasteiger charge is -2.30. The molecule has 7 heteroatoms. The molecule has 0 aliphatic carbocycles. The molecule has 0 saturated carbocycles. The zero-order valence-electron chi connectivity index (χ0n) is 17.8. The van der Waals surface area contributed by atoms with Gasteiger partial charge >= 0.3 is 0 Å². The third-order valence-corrected chi connectivity index (χ3v) is 5.65. The highest BCUT2D eigenvalue weighted by Gasteiger charge is 2.28. The van der Waals surface area contributed by atoms with Crippen molar-refractivity contribution in [1.82, 2.24) is 15.1 Å². The van der Waals surface area contributed by atoms with E-state index in [1.165, 1.54) is 6.26 Å². The van der Waals surface area contributed by atoms with Gasteiger partial charge in [0.1, 0.15) is 0 Å². The third kappa shape index (κ3) is 5.09. The molecule has 3 rings (SSSR count). The molecule has 3 amide bonds. The first kappa shape index (κ1) is 21.6. The van der Waals surface area contributed by atoms with Crippen molar-refractivity contribution in [2.45, 2.75) is 39.3 Å². The Morgan fingerprint density at radius 2 is 1.80 bits per heavy atom. The molecule has 1 fully saturated rings. The van der Waals surface area contributed by atoms with Crippen molar-refractivity contribution < 1.29 is 18.8 Å². The van der Waals surface area contributed by atoms with E-state index in [0.717, 1.165) is 5.56 Å². The van der Waals surface area contributed by atoms with Crippen molar-refractivity contribution in [3.63, 3.8) is 0 Å². The summed E-state index contributed by atoms with van der Waals surface area (Å²) >= 11 is 0. The minimum atomic E-state index is -0.128. The van der Waals surface area contributed by atoms with E-state index >= 15 is 0 Å². The number of carbonyl (C=O) groups is 3. The Morgan fingerprint density at radius 3 is 2.37 bits per heavy atom. The van der Waals surface area contributed by atoms with Gasteiger partial charge in [-0.2, -0.15) is 0 Å². The number of likely N-dealkylation sites (tertiary alicyclic amines) is 1. The van der Waals surface area contributed by atoms with Crippen molar-refractivity contribution in [2.75, 3.05) is 20.1 Å². The van der Waals surface area contributed by atoms with Crippen LogP contribution in [0.1, 0.15) is 53.2 Å². The molecule has 2 aromatic rings. The second-order valence-corrected chi connectivity index (χ2v) is 7.97. The van der Waals surface area contributed by atoms with E-state index in [9.17, 15) is 14.4 Å². The van der Waals surface area contributed by atoms with Gasteiger partial charge in [0.15, 0.2) is 5.76 Å². The fourth-order valence-corrected chi connectivity index (χ4v) is 3.44. The van der Waals surface area contributed by atoms with Crippen molar-refractivity contribution >= 4 is 17.7 Å². The number of nitrogens with zero attached hydrogens (tertiary/aromatic N) is 2. The normalized spacial score (nSPS) is 14.6. The van der Waals surface area contributed by atoms with E-state index < -0.39 is 0 Å². The van der Waals surface area contributed by atoms with Crippen LogP contribution in [0, 0.1) is 5.92 Å². The Hall–Kier alpha value is -3.09. The molecular formula is C23H29N3O4. The van der Waals surface area contributed by atoms with Gasteiger partial charge in [-0.3, -0.25) is 14.4 Å². The number of hydrogen-bond donors (Lipinski definition) is 1. The van der Waals surface area contributed by atoms with Crippen molar-refractivity contribution in [2.24, 2.45) is 5.92 Å². The molecule has 7 nitrogen and oxygen atoms in total. The minimum absolute atomic E-state index is 0.000193. The van der Waals surface area contributed by atoms with Crippen LogP contribution >= 0.6 is 0 Å². The smallest absolute Gasteiger partial charge is 0.289 e. The van der Waals surface area contributed by atoms with Crippen molar-refractivity contribution in [3.05, 3.63) is 59.5 Å². The Morgan fingerprint density at radius 1 is 1.13 bits per heavy atom. The summed E-state index contributed by atoms with van der Waals surface area (Å²) in [6.07, 6.45) is 2.75. The summed E-state index contributed by atoms with van der Waals surface area (Å²) in [5, 5.41) is 2.97. The number of hydrogen-bond acceptors (Lipinski definition) is 4. The van der Waals surface area contributed by atoms with Gasteiger partial charge in [-0.05, 0) is 56.5 Å². The van der Waals surface area contributed by atoms with E-state index in [1.54, 1.807) is 41.1 Å². The molecule has 0 unspecified atom stereocenters. The molecular weight excluding hydrogens is 382 g/mol. The van der Waals surface area contributed by atoms with Gasteiger partial charge in [0.05, 0.1) is 6.26 Å². The largest absolute Gasteiger partial charge is 0.459 e. The number of benzene rings is 1. The molecule has 0 atom stereocenters. The summed E-state index contributed by atoms with van der Waals surface area (Å²) in [4.78, 5) is 40.6. The zero-order valence-corrected chi connectivity index (χ0v) is 17.8. The molecule has 0 bridgehead atoms. The van der Waals surface area contributed by atoms with Crippen LogP contribution in [0.4, 0.5) is 0 Å². The molecule has 160 valence electrons. The van der Waals surface area contributed by atoms with E-state index in [1.807, 2.05) is 26.0 Å². The Labute approximate surface area is 177 Å². The Kier molecular flexibility index (Phi) is 6.92. The SMILES string of the molecule is CC(C)N(C)C(=O)c1ccc(CNC(=O)C2CCN(C(=O)c3ccco3)CC2)cc1. The highest BCUT2D eigenvalue weighted by atomic mass is 16.3. The Bertz CT molecular complexity index is 866. The molecule has 0 spiro atoms. The van der Waals surface area contributed by atoms with Crippen LogP contribution < -0.4 is 5.32 Å². The van der Waals surface area contributed by atoms with Crippen LogP contribution in [-0.2, 0) is 11.3 Å². The second kappa shape index (κ2) is 9.61. The summed E-state index contributed by atoms with van der Waals surface area (Å²) in [6.45, 7) is 5.44. The van der Waals surface area contributed by atoms with Crippen LogP contribution in [0.2, 0.25) is 0 Å². The first-order valence-corrected chi connectivity index (χ1v) is 10.3. The molecule has 1 aliphatic rings. The topological polar surface area (TPSA) is 82.9 Å². The predicted molar refractivity (Wildman–Crippen MR) is 113 cm³/mol. The van der Waals surface area contributed by atoms with Crippen LogP contribution in [0.5, 0.6) is 0 Å².